The first-order chi connectivity index (χ1) is 19.8. The van der Waals surface area contributed by atoms with E-state index in [-0.39, 0.29) is 13.7 Å². The van der Waals surface area contributed by atoms with Crippen LogP contribution in [-0.4, -0.2) is 28.9 Å². The Labute approximate surface area is 230 Å². The molecule has 0 atom stereocenters. The second kappa shape index (κ2) is 6.60. The molecule has 1 aromatic heterocycles. The van der Waals surface area contributed by atoms with E-state index >= 15 is 0 Å². The van der Waals surface area contributed by atoms with Crippen molar-refractivity contribution < 1.29 is 14.0 Å². The third kappa shape index (κ3) is 2.14. The second-order valence-corrected chi connectivity index (χ2v) is 11.4. The number of benzene rings is 5. The summed E-state index contributed by atoms with van der Waals surface area (Å²) in [7, 11) is 0. The summed E-state index contributed by atoms with van der Waals surface area (Å²) in [5.41, 5.74) is 13.8. The summed E-state index contributed by atoms with van der Waals surface area (Å²) in [5, 5.41) is 1.27. The molecule has 182 valence electrons. The Kier molecular flexibility index (Phi) is 3.30. The van der Waals surface area contributed by atoms with Gasteiger partial charge in [-0.1, -0.05) is 60.7 Å². The molecule has 5 aliphatic rings. The molecule has 0 amide bonds. The predicted octanol–water partition coefficient (Wildman–Crippen LogP) is 4.54. The van der Waals surface area contributed by atoms with Gasteiger partial charge in [-0.15, -0.1) is 0 Å². The molecule has 6 heteroatoms. The highest BCUT2D eigenvalue weighted by atomic mass is 16.5. The van der Waals surface area contributed by atoms with Crippen LogP contribution in [0.3, 0.4) is 0 Å². The monoisotopic (exact) mass is 509 g/mol. The van der Waals surface area contributed by atoms with E-state index in [4.69, 9.17) is 9.47 Å². The minimum absolute atomic E-state index is 0.00802. The van der Waals surface area contributed by atoms with E-state index in [0.29, 0.717) is 0 Å². The molecular weight excluding hydrogens is 490 g/mol. The highest BCUT2D eigenvalue weighted by Gasteiger charge is 2.55. The number of nitrogens with zero attached hydrogens (tertiary/aromatic N) is 2. The lowest BCUT2D eigenvalue weighted by Gasteiger charge is -2.36. The third-order valence-electron chi connectivity index (χ3n) is 9.63. The standard InChI is InChI=1S/C34H19B2N2O2/c1-5-19-15-17-37-32(19)23(9-1)21-7-4-12-27-29(21)35(37)25-13-14-28-31(34(25)40-27)36-30-22(8-3-11-26(30)39-28)24-10-2-6-20-16-18-38(36)33(20)24/h1-15,17-18H,16H2/q+1. The van der Waals surface area contributed by atoms with Crippen molar-refractivity contribution in [2.75, 3.05) is 0 Å². The summed E-state index contributed by atoms with van der Waals surface area (Å²) in [5.74, 6) is 3.67. The summed E-state index contributed by atoms with van der Waals surface area (Å²) in [4.78, 5) is 0. The molecule has 0 aliphatic carbocycles. The zero-order valence-electron chi connectivity index (χ0n) is 21.4. The number of para-hydroxylation sites is 2. The molecule has 0 saturated carbocycles. The molecule has 11 rings (SSSR count). The zero-order chi connectivity index (χ0) is 25.7. The van der Waals surface area contributed by atoms with Crippen LogP contribution in [0.25, 0.3) is 33.2 Å². The van der Waals surface area contributed by atoms with Crippen LogP contribution in [0.4, 0.5) is 5.69 Å². The Morgan fingerprint density at radius 3 is 2.33 bits per heavy atom. The minimum atomic E-state index is -0.00802. The summed E-state index contributed by atoms with van der Waals surface area (Å²) in [6.45, 7) is 0.0321. The SMILES string of the molecule is C1=[N+]2B3c4c(cccc4-c4cccc(c42)C1)Oc1ccc2c(c13)Oc1cccc3c1B2n1ccc2cccc-3c21. The molecule has 0 saturated heterocycles. The largest absolute Gasteiger partial charge is 0.571 e. The Hall–Kier alpha value is -4.96. The molecule has 6 aromatic rings. The number of hydrogen-bond donors (Lipinski definition) is 0. The van der Waals surface area contributed by atoms with Gasteiger partial charge in [0.05, 0.1) is 22.9 Å². The van der Waals surface area contributed by atoms with E-state index in [1.165, 1.54) is 60.8 Å². The van der Waals surface area contributed by atoms with Gasteiger partial charge in [-0.3, -0.25) is 4.49 Å². The normalized spacial score (nSPS) is 15.3. The van der Waals surface area contributed by atoms with Gasteiger partial charge < -0.3 is 14.0 Å². The molecule has 0 radical (unpaired) electrons. The number of rotatable bonds is 0. The molecular formula is C34H19B2N2O2+. The summed E-state index contributed by atoms with van der Waals surface area (Å²) < 4.78 is 18.6. The van der Waals surface area contributed by atoms with Crippen LogP contribution in [0, 0.1) is 0 Å². The fourth-order valence-electron chi connectivity index (χ4n) is 8.12. The number of fused-ring (bicyclic) bond motifs is 9. The maximum Gasteiger partial charge on any atom is 0.571 e. The van der Waals surface area contributed by atoms with E-state index in [0.717, 1.165) is 34.9 Å². The van der Waals surface area contributed by atoms with Crippen molar-refractivity contribution in [3.8, 4) is 45.3 Å². The molecule has 0 unspecified atom stereocenters. The number of ether oxygens (including phenoxy) is 2. The fourth-order valence-corrected chi connectivity index (χ4v) is 8.12. The van der Waals surface area contributed by atoms with Gasteiger partial charge in [-0.05, 0) is 58.5 Å². The fraction of sp³-hybridized carbons (Fsp3) is 0.0294. The van der Waals surface area contributed by atoms with Crippen molar-refractivity contribution in [3.05, 3.63) is 103 Å². The first-order valence-corrected chi connectivity index (χ1v) is 14.0. The molecule has 4 nitrogen and oxygen atoms in total. The molecule has 5 aliphatic heterocycles. The van der Waals surface area contributed by atoms with E-state index < -0.39 is 0 Å². The first-order valence-electron chi connectivity index (χ1n) is 14.0. The molecule has 0 bridgehead atoms. The molecule has 6 heterocycles. The highest BCUT2D eigenvalue weighted by molar-refractivity contribution is 6.90. The van der Waals surface area contributed by atoms with Crippen LogP contribution >= 0.6 is 0 Å². The molecule has 40 heavy (non-hydrogen) atoms. The van der Waals surface area contributed by atoms with Crippen molar-refractivity contribution in [3.63, 3.8) is 0 Å². The average molecular weight is 509 g/mol. The van der Waals surface area contributed by atoms with Crippen LogP contribution in [0.5, 0.6) is 23.0 Å². The van der Waals surface area contributed by atoms with Crippen molar-refractivity contribution in [1.82, 2.24) is 4.48 Å². The van der Waals surface area contributed by atoms with Crippen LogP contribution in [0.1, 0.15) is 5.56 Å². The maximum atomic E-state index is 6.99. The second-order valence-electron chi connectivity index (χ2n) is 11.4. The van der Waals surface area contributed by atoms with Crippen molar-refractivity contribution >= 4 is 58.4 Å². The van der Waals surface area contributed by atoms with E-state index in [2.05, 4.69) is 112 Å². The Morgan fingerprint density at radius 2 is 1.40 bits per heavy atom. The molecule has 0 spiro atoms. The van der Waals surface area contributed by atoms with Gasteiger partial charge in [0.1, 0.15) is 29.2 Å². The van der Waals surface area contributed by atoms with Crippen LogP contribution < -0.4 is 31.3 Å². The highest BCUT2D eigenvalue weighted by Crippen LogP contribution is 2.45. The van der Waals surface area contributed by atoms with Crippen molar-refractivity contribution in [1.29, 1.82) is 0 Å². The predicted molar refractivity (Wildman–Crippen MR) is 161 cm³/mol. The zero-order valence-corrected chi connectivity index (χ0v) is 21.4. The lowest BCUT2D eigenvalue weighted by Crippen LogP contribution is -2.60. The van der Waals surface area contributed by atoms with Gasteiger partial charge >= 0.3 is 13.7 Å². The van der Waals surface area contributed by atoms with Crippen LogP contribution in [0.15, 0.2) is 97.2 Å². The van der Waals surface area contributed by atoms with Gasteiger partial charge in [-0.2, -0.15) is 0 Å². The summed E-state index contributed by atoms with van der Waals surface area (Å²) in [6.07, 6.45) is 5.53. The minimum Gasteiger partial charge on any atom is -0.458 e. The third-order valence-corrected chi connectivity index (χ3v) is 9.63. The lowest BCUT2D eigenvalue weighted by atomic mass is 9.41. The lowest BCUT2D eigenvalue weighted by molar-refractivity contribution is -0.271. The van der Waals surface area contributed by atoms with Gasteiger partial charge in [0.25, 0.3) is 0 Å². The average Bonchev–Trinajstić information content (AvgIpc) is 3.63. The molecule has 5 aromatic carbocycles. The van der Waals surface area contributed by atoms with Gasteiger partial charge in [0.15, 0.2) is 5.69 Å². The Bertz CT molecular complexity index is 2230. The smallest absolute Gasteiger partial charge is 0.458 e. The Balaban J connectivity index is 1.23. The summed E-state index contributed by atoms with van der Waals surface area (Å²) in [6, 6.07) is 32.9. The maximum absolute atomic E-state index is 6.99. The van der Waals surface area contributed by atoms with Crippen LogP contribution in [-0.2, 0) is 6.42 Å². The first kappa shape index (κ1) is 20.0. The summed E-state index contributed by atoms with van der Waals surface area (Å²) >= 11 is 0. The van der Waals surface area contributed by atoms with E-state index in [1.807, 2.05) is 0 Å². The molecule has 0 fully saturated rings. The van der Waals surface area contributed by atoms with Gasteiger partial charge in [0, 0.05) is 22.1 Å². The van der Waals surface area contributed by atoms with E-state index in [9.17, 15) is 0 Å². The van der Waals surface area contributed by atoms with Gasteiger partial charge in [0.2, 0.25) is 0 Å². The van der Waals surface area contributed by atoms with Crippen LogP contribution in [0.2, 0.25) is 0 Å². The van der Waals surface area contributed by atoms with Gasteiger partial charge in [-0.25, -0.2) is 0 Å². The quantitative estimate of drug-likeness (QED) is 0.281. The van der Waals surface area contributed by atoms with Crippen molar-refractivity contribution in [2.24, 2.45) is 0 Å². The molecule has 0 N–H and O–H groups in total. The van der Waals surface area contributed by atoms with E-state index in [1.54, 1.807) is 0 Å². The Morgan fingerprint density at radius 1 is 0.650 bits per heavy atom. The number of aromatic nitrogens is 1. The van der Waals surface area contributed by atoms with Crippen molar-refractivity contribution in [2.45, 2.75) is 6.42 Å². The number of hydrogen-bond acceptors (Lipinski definition) is 2. The topological polar surface area (TPSA) is 26.4 Å².